The monoisotopic (exact) mass is 535 g/mol. The molecule has 0 saturated carbocycles. The molecule has 8 heteroatoms. The van der Waals surface area contributed by atoms with Crippen LogP contribution < -0.4 is 20.2 Å². The van der Waals surface area contributed by atoms with Gasteiger partial charge in [0, 0.05) is 5.69 Å². The Balaban J connectivity index is 1.38. The lowest BCUT2D eigenvalue weighted by Crippen LogP contribution is -2.25. The number of methoxy groups -OCH3 is 1. The minimum atomic E-state index is -0.341. The fraction of sp³-hybridized carbons (Fsp3) is 0.111. The number of carbonyl (C=O) groups is 1. The smallest absolute Gasteiger partial charge is 0.259 e. The lowest BCUT2D eigenvalue weighted by molar-refractivity contribution is -0.119. The van der Waals surface area contributed by atoms with Gasteiger partial charge in [-0.1, -0.05) is 42.5 Å². The molecular weight excluding hydrogens is 513 g/mol. The third-order valence-corrected chi connectivity index (χ3v) is 5.79. The molecular formula is C27H23BrFN3O3. The van der Waals surface area contributed by atoms with Gasteiger partial charge in [-0.25, -0.2) is 9.82 Å². The summed E-state index contributed by atoms with van der Waals surface area (Å²) in [4.78, 5) is 12.0. The molecule has 0 aliphatic carbocycles. The van der Waals surface area contributed by atoms with Gasteiger partial charge in [-0.3, -0.25) is 4.79 Å². The van der Waals surface area contributed by atoms with Crippen LogP contribution in [0.25, 0.3) is 10.8 Å². The molecule has 178 valence electrons. The van der Waals surface area contributed by atoms with Gasteiger partial charge in [-0.15, -0.1) is 0 Å². The lowest BCUT2D eigenvalue weighted by Gasteiger charge is -2.14. The molecule has 4 aromatic rings. The molecule has 0 spiro atoms. The highest BCUT2D eigenvalue weighted by Gasteiger charge is 2.12. The Kier molecular flexibility index (Phi) is 7.95. The van der Waals surface area contributed by atoms with E-state index in [2.05, 4.69) is 50.0 Å². The van der Waals surface area contributed by atoms with Crippen molar-refractivity contribution in [3.63, 3.8) is 0 Å². The van der Waals surface area contributed by atoms with E-state index in [1.807, 2.05) is 30.3 Å². The van der Waals surface area contributed by atoms with E-state index in [1.54, 1.807) is 25.3 Å². The molecule has 2 N–H and O–H groups in total. The Labute approximate surface area is 210 Å². The first kappa shape index (κ1) is 24.2. The maximum atomic E-state index is 13.0. The van der Waals surface area contributed by atoms with Crippen LogP contribution in [0.2, 0.25) is 0 Å². The number of hydrogen-bond donors (Lipinski definition) is 2. The van der Waals surface area contributed by atoms with Gasteiger partial charge in [-0.2, -0.15) is 5.10 Å². The van der Waals surface area contributed by atoms with E-state index in [0.717, 1.165) is 16.3 Å². The highest BCUT2D eigenvalue weighted by molar-refractivity contribution is 9.10. The number of hydrogen-bond acceptors (Lipinski definition) is 5. The van der Waals surface area contributed by atoms with Crippen molar-refractivity contribution in [1.29, 1.82) is 0 Å². The summed E-state index contributed by atoms with van der Waals surface area (Å²) in [6.07, 6.45) is 1.51. The van der Waals surface area contributed by atoms with E-state index >= 15 is 0 Å². The van der Waals surface area contributed by atoms with Gasteiger partial charge in [0.1, 0.15) is 12.4 Å². The number of fused-ring (bicyclic) bond motifs is 1. The van der Waals surface area contributed by atoms with Crippen LogP contribution in [0.15, 0.2) is 88.4 Å². The number of nitrogens with one attached hydrogen (secondary N) is 2. The maximum absolute atomic E-state index is 13.0. The van der Waals surface area contributed by atoms with Gasteiger partial charge in [0.25, 0.3) is 5.91 Å². The van der Waals surface area contributed by atoms with Crippen LogP contribution in [-0.4, -0.2) is 25.8 Å². The van der Waals surface area contributed by atoms with E-state index in [1.165, 1.54) is 18.3 Å². The third-order valence-electron chi connectivity index (χ3n) is 5.20. The van der Waals surface area contributed by atoms with Gasteiger partial charge in [0.15, 0.2) is 11.5 Å². The number of carbonyl (C=O) groups excluding carboxylic acids is 1. The van der Waals surface area contributed by atoms with Crippen molar-refractivity contribution in [3.8, 4) is 11.5 Å². The average molecular weight is 536 g/mol. The predicted molar refractivity (Wildman–Crippen MR) is 140 cm³/mol. The lowest BCUT2D eigenvalue weighted by atomic mass is 10.1. The molecule has 0 radical (unpaired) electrons. The highest BCUT2D eigenvalue weighted by Crippen LogP contribution is 2.37. The molecule has 0 atom stereocenters. The van der Waals surface area contributed by atoms with Crippen molar-refractivity contribution in [3.05, 3.63) is 100 Å². The molecule has 0 aliphatic rings. The van der Waals surface area contributed by atoms with Crippen molar-refractivity contribution in [2.24, 2.45) is 5.10 Å². The maximum Gasteiger partial charge on any atom is 0.259 e. The number of benzene rings is 4. The molecule has 0 unspecified atom stereocenters. The van der Waals surface area contributed by atoms with Crippen LogP contribution in [0.1, 0.15) is 11.1 Å². The molecule has 0 saturated heterocycles. The van der Waals surface area contributed by atoms with Crippen molar-refractivity contribution >= 4 is 44.5 Å². The Hall–Kier alpha value is -3.91. The van der Waals surface area contributed by atoms with Crippen molar-refractivity contribution in [2.45, 2.75) is 6.61 Å². The second-order valence-corrected chi connectivity index (χ2v) is 8.47. The highest BCUT2D eigenvalue weighted by atomic mass is 79.9. The second kappa shape index (κ2) is 11.5. The van der Waals surface area contributed by atoms with Crippen molar-refractivity contribution < 1.29 is 18.7 Å². The number of rotatable bonds is 9. The molecule has 0 fully saturated rings. The van der Waals surface area contributed by atoms with E-state index < -0.39 is 0 Å². The SMILES string of the molecule is COc1cc(/C=N\NC(=O)CNc2ccc(F)cc2)cc(Br)c1OCc1cccc2ccccc12. The first-order chi connectivity index (χ1) is 17.0. The van der Waals surface area contributed by atoms with Crippen molar-refractivity contribution in [2.75, 3.05) is 19.0 Å². The Morgan fingerprint density at radius 1 is 1.06 bits per heavy atom. The number of nitrogens with zero attached hydrogens (tertiary/aromatic N) is 1. The summed E-state index contributed by atoms with van der Waals surface area (Å²) in [7, 11) is 1.57. The number of hydrazone groups is 1. The minimum Gasteiger partial charge on any atom is -0.493 e. The number of amides is 1. The van der Waals surface area contributed by atoms with Crippen LogP contribution in [0.3, 0.4) is 0 Å². The second-order valence-electron chi connectivity index (χ2n) is 7.61. The molecule has 4 rings (SSSR count). The van der Waals surface area contributed by atoms with Crippen LogP contribution >= 0.6 is 15.9 Å². The first-order valence-corrected chi connectivity index (χ1v) is 11.6. The fourth-order valence-electron chi connectivity index (χ4n) is 3.49. The van der Waals surface area contributed by atoms with Crippen LogP contribution in [0, 0.1) is 5.82 Å². The summed E-state index contributed by atoms with van der Waals surface area (Å²) in [5.41, 5.74) is 4.87. The number of anilines is 1. The van der Waals surface area contributed by atoms with Gasteiger partial charge in [0.05, 0.1) is 24.3 Å². The molecule has 1 amide bonds. The topological polar surface area (TPSA) is 72.0 Å². The summed E-state index contributed by atoms with van der Waals surface area (Å²) in [5, 5.41) is 9.19. The minimum absolute atomic E-state index is 0.00304. The van der Waals surface area contributed by atoms with Gasteiger partial charge in [0.2, 0.25) is 0 Å². The Bertz CT molecular complexity index is 1350. The zero-order valence-electron chi connectivity index (χ0n) is 18.9. The quantitative estimate of drug-likeness (QED) is 0.207. The van der Waals surface area contributed by atoms with Gasteiger partial charge in [-0.05, 0) is 74.2 Å². The number of ether oxygens (including phenoxy) is 2. The molecule has 0 heterocycles. The van der Waals surface area contributed by atoms with E-state index in [9.17, 15) is 9.18 Å². The average Bonchev–Trinajstić information content (AvgIpc) is 2.87. The van der Waals surface area contributed by atoms with Crippen molar-refractivity contribution in [1.82, 2.24) is 5.43 Å². The van der Waals surface area contributed by atoms with E-state index in [-0.39, 0.29) is 18.3 Å². The Morgan fingerprint density at radius 2 is 1.83 bits per heavy atom. The fourth-order valence-corrected chi connectivity index (χ4v) is 4.07. The Morgan fingerprint density at radius 3 is 2.63 bits per heavy atom. The largest absolute Gasteiger partial charge is 0.493 e. The molecule has 0 aliphatic heterocycles. The number of halogens is 2. The standard InChI is InChI=1S/C27H23BrFN3O3/c1-34-25-14-18(15-31-32-26(33)16-30-22-11-9-21(29)10-12-22)13-24(28)27(25)35-17-20-7-4-6-19-5-2-3-8-23(19)20/h2-15,30H,16-17H2,1H3,(H,32,33)/b31-15-. The third kappa shape index (κ3) is 6.36. The van der Waals surface area contributed by atoms with Crippen LogP contribution in [-0.2, 0) is 11.4 Å². The molecule has 35 heavy (non-hydrogen) atoms. The molecule has 6 nitrogen and oxygen atoms in total. The zero-order chi connectivity index (χ0) is 24.6. The summed E-state index contributed by atoms with van der Waals surface area (Å²) >= 11 is 3.55. The van der Waals surface area contributed by atoms with Crippen LogP contribution in [0.5, 0.6) is 11.5 Å². The normalized spacial score (nSPS) is 10.9. The van der Waals surface area contributed by atoms with Gasteiger partial charge < -0.3 is 14.8 Å². The molecule has 4 aromatic carbocycles. The van der Waals surface area contributed by atoms with Crippen LogP contribution in [0.4, 0.5) is 10.1 Å². The van der Waals surface area contributed by atoms with Gasteiger partial charge >= 0.3 is 0 Å². The predicted octanol–water partition coefficient (Wildman–Crippen LogP) is 5.89. The molecule has 0 aromatic heterocycles. The molecule has 0 bridgehead atoms. The summed E-state index contributed by atoms with van der Waals surface area (Å²) in [6.45, 7) is 0.373. The summed E-state index contributed by atoms with van der Waals surface area (Å²) < 4.78 is 25.3. The summed E-state index contributed by atoms with van der Waals surface area (Å²) in [5.74, 6) is 0.429. The van der Waals surface area contributed by atoms with E-state index in [0.29, 0.717) is 33.8 Å². The zero-order valence-corrected chi connectivity index (χ0v) is 20.5. The first-order valence-electron chi connectivity index (χ1n) is 10.8. The summed E-state index contributed by atoms with van der Waals surface area (Å²) in [6, 6.07) is 23.6. The van der Waals surface area contributed by atoms with E-state index in [4.69, 9.17) is 9.47 Å².